The fourth-order valence-corrected chi connectivity index (χ4v) is 3.34. The summed E-state index contributed by atoms with van der Waals surface area (Å²) in [7, 11) is 1.78. The second-order valence-electron chi connectivity index (χ2n) is 6.68. The Kier molecular flexibility index (Phi) is 4.67. The van der Waals surface area contributed by atoms with Gasteiger partial charge in [-0.2, -0.15) is 0 Å². The van der Waals surface area contributed by atoms with Crippen LogP contribution in [0.15, 0.2) is 48.9 Å². The van der Waals surface area contributed by atoms with E-state index in [1.807, 2.05) is 42.2 Å². The fourth-order valence-electron chi connectivity index (χ4n) is 3.34. The molecular weight excluding hydrogens is 326 g/mol. The van der Waals surface area contributed by atoms with Gasteiger partial charge in [-0.25, -0.2) is 4.68 Å². The quantitative estimate of drug-likeness (QED) is 0.724. The van der Waals surface area contributed by atoms with Gasteiger partial charge in [-0.15, -0.1) is 5.10 Å². The average molecular weight is 349 g/mol. The van der Waals surface area contributed by atoms with Crippen molar-refractivity contribution >= 4 is 5.82 Å². The van der Waals surface area contributed by atoms with Gasteiger partial charge in [0.2, 0.25) is 0 Å². The van der Waals surface area contributed by atoms with Crippen molar-refractivity contribution in [2.75, 3.05) is 25.1 Å². The minimum absolute atomic E-state index is 0.258. The number of piperidine rings is 1. The van der Waals surface area contributed by atoms with Crippen LogP contribution >= 0.6 is 0 Å². The highest BCUT2D eigenvalue weighted by molar-refractivity contribution is 5.63. The van der Waals surface area contributed by atoms with Crippen LogP contribution in [-0.4, -0.2) is 46.1 Å². The summed E-state index contributed by atoms with van der Waals surface area (Å²) in [5.74, 6) is 0.952. The zero-order valence-corrected chi connectivity index (χ0v) is 15.2. The predicted molar refractivity (Wildman–Crippen MR) is 102 cm³/mol. The summed E-state index contributed by atoms with van der Waals surface area (Å²) >= 11 is 0. The van der Waals surface area contributed by atoms with Crippen LogP contribution in [-0.2, 0) is 4.74 Å². The minimum Gasteiger partial charge on any atom is -0.380 e. The Morgan fingerprint density at radius 2 is 2.12 bits per heavy atom. The molecule has 1 unspecified atom stereocenters. The van der Waals surface area contributed by atoms with E-state index in [0.717, 1.165) is 54.4 Å². The Hall–Kier alpha value is -2.73. The molecule has 0 aliphatic carbocycles. The first kappa shape index (κ1) is 16.7. The van der Waals surface area contributed by atoms with Crippen LogP contribution in [0.25, 0.3) is 17.1 Å². The molecule has 0 spiro atoms. The predicted octanol–water partition coefficient (Wildman–Crippen LogP) is 3.25. The molecule has 6 heteroatoms. The van der Waals surface area contributed by atoms with E-state index in [1.165, 1.54) is 0 Å². The molecule has 1 aliphatic rings. The van der Waals surface area contributed by atoms with Crippen molar-refractivity contribution in [3.63, 3.8) is 0 Å². The van der Waals surface area contributed by atoms with Crippen LogP contribution in [0, 0.1) is 6.92 Å². The lowest BCUT2D eigenvalue weighted by atomic mass is 10.1. The van der Waals surface area contributed by atoms with Gasteiger partial charge in [0.15, 0.2) is 5.82 Å². The first-order valence-electron chi connectivity index (χ1n) is 8.96. The minimum atomic E-state index is 0.258. The van der Waals surface area contributed by atoms with Crippen molar-refractivity contribution in [3.05, 3.63) is 54.5 Å². The van der Waals surface area contributed by atoms with E-state index in [0.29, 0.717) is 0 Å². The van der Waals surface area contributed by atoms with Gasteiger partial charge in [0, 0.05) is 38.7 Å². The molecule has 0 bridgehead atoms. The van der Waals surface area contributed by atoms with Gasteiger partial charge in [-0.05, 0) is 43.5 Å². The summed E-state index contributed by atoms with van der Waals surface area (Å²) in [5.41, 5.74) is 3.93. The number of methoxy groups -OCH3 is 1. The van der Waals surface area contributed by atoms with Crippen LogP contribution in [0.4, 0.5) is 5.82 Å². The smallest absolute Gasteiger partial charge is 0.151 e. The van der Waals surface area contributed by atoms with Crippen molar-refractivity contribution in [2.45, 2.75) is 25.9 Å². The van der Waals surface area contributed by atoms with Crippen LogP contribution in [0.2, 0.25) is 0 Å². The SMILES string of the molecule is COC1CCCN(c2cc(-c3ccc(C)cn3)n(-c3cccnc3)n2)C1. The molecule has 1 atom stereocenters. The van der Waals surface area contributed by atoms with Crippen molar-refractivity contribution < 1.29 is 4.74 Å². The highest BCUT2D eigenvalue weighted by atomic mass is 16.5. The molecule has 1 aliphatic heterocycles. The van der Waals surface area contributed by atoms with Crippen molar-refractivity contribution in [3.8, 4) is 17.1 Å². The molecular formula is C20H23N5O. The molecule has 1 fully saturated rings. The van der Waals surface area contributed by atoms with E-state index in [2.05, 4.69) is 27.0 Å². The number of anilines is 1. The standard InChI is InChI=1S/C20H23N5O/c1-15-7-8-18(22-12-15)19-11-20(24-10-4-6-17(14-24)26-2)23-25(19)16-5-3-9-21-13-16/h3,5,7-9,11-13,17H,4,6,10,14H2,1-2H3. The molecule has 4 heterocycles. The normalized spacial score (nSPS) is 17.5. The van der Waals surface area contributed by atoms with Gasteiger partial charge in [0.1, 0.15) is 0 Å². The van der Waals surface area contributed by atoms with Crippen molar-refractivity contribution in [2.24, 2.45) is 0 Å². The Balaban J connectivity index is 1.76. The Morgan fingerprint density at radius 1 is 1.19 bits per heavy atom. The zero-order valence-electron chi connectivity index (χ0n) is 15.2. The number of ether oxygens (including phenoxy) is 1. The Bertz CT molecular complexity index is 860. The molecule has 3 aromatic heterocycles. The van der Waals surface area contributed by atoms with E-state index in [9.17, 15) is 0 Å². The third-order valence-electron chi connectivity index (χ3n) is 4.80. The summed E-state index contributed by atoms with van der Waals surface area (Å²) in [6, 6.07) is 10.2. The van der Waals surface area contributed by atoms with Crippen LogP contribution in [0.5, 0.6) is 0 Å². The third kappa shape index (κ3) is 3.32. The van der Waals surface area contributed by atoms with Gasteiger partial charge in [-0.3, -0.25) is 9.97 Å². The summed E-state index contributed by atoms with van der Waals surface area (Å²) in [6.45, 7) is 3.89. The molecule has 26 heavy (non-hydrogen) atoms. The molecule has 0 radical (unpaired) electrons. The molecule has 134 valence electrons. The molecule has 0 N–H and O–H groups in total. The summed E-state index contributed by atoms with van der Waals surface area (Å²) < 4.78 is 7.49. The molecule has 4 rings (SSSR count). The lowest BCUT2D eigenvalue weighted by Crippen LogP contribution is -2.39. The van der Waals surface area contributed by atoms with Crippen LogP contribution in [0.1, 0.15) is 18.4 Å². The van der Waals surface area contributed by atoms with Crippen LogP contribution in [0.3, 0.4) is 0 Å². The van der Waals surface area contributed by atoms with Crippen molar-refractivity contribution in [1.82, 2.24) is 19.7 Å². The van der Waals surface area contributed by atoms with E-state index in [-0.39, 0.29) is 6.10 Å². The monoisotopic (exact) mass is 349 g/mol. The molecule has 1 saturated heterocycles. The second kappa shape index (κ2) is 7.25. The lowest BCUT2D eigenvalue weighted by molar-refractivity contribution is 0.0891. The van der Waals surface area contributed by atoms with Crippen LogP contribution < -0.4 is 4.90 Å². The largest absolute Gasteiger partial charge is 0.380 e. The Labute approximate surface area is 153 Å². The van der Waals surface area contributed by atoms with E-state index >= 15 is 0 Å². The Morgan fingerprint density at radius 3 is 2.85 bits per heavy atom. The fraction of sp³-hybridized carbons (Fsp3) is 0.350. The number of nitrogens with zero attached hydrogens (tertiary/aromatic N) is 5. The van der Waals surface area contributed by atoms with Gasteiger partial charge in [0.25, 0.3) is 0 Å². The number of hydrogen-bond donors (Lipinski definition) is 0. The zero-order chi connectivity index (χ0) is 17.9. The number of pyridine rings is 2. The number of rotatable bonds is 4. The average Bonchev–Trinajstić information content (AvgIpc) is 3.15. The van der Waals surface area contributed by atoms with E-state index in [4.69, 9.17) is 9.84 Å². The first-order valence-corrected chi connectivity index (χ1v) is 8.96. The number of hydrogen-bond acceptors (Lipinski definition) is 5. The molecule has 3 aromatic rings. The number of aromatic nitrogens is 4. The maximum atomic E-state index is 5.56. The van der Waals surface area contributed by atoms with Gasteiger partial charge >= 0.3 is 0 Å². The molecule has 6 nitrogen and oxygen atoms in total. The van der Waals surface area contributed by atoms with Gasteiger partial charge in [0.05, 0.1) is 29.4 Å². The molecule has 0 amide bonds. The highest BCUT2D eigenvalue weighted by Gasteiger charge is 2.23. The summed E-state index contributed by atoms with van der Waals surface area (Å²) in [5, 5.41) is 4.88. The summed E-state index contributed by atoms with van der Waals surface area (Å²) in [6.07, 6.45) is 7.94. The van der Waals surface area contributed by atoms with E-state index in [1.54, 1.807) is 13.3 Å². The topological polar surface area (TPSA) is 56.1 Å². The third-order valence-corrected chi connectivity index (χ3v) is 4.80. The number of aryl methyl sites for hydroxylation is 1. The van der Waals surface area contributed by atoms with Gasteiger partial charge in [-0.1, -0.05) is 6.07 Å². The highest BCUT2D eigenvalue weighted by Crippen LogP contribution is 2.28. The maximum absolute atomic E-state index is 5.56. The lowest BCUT2D eigenvalue weighted by Gasteiger charge is -2.31. The molecule has 0 aromatic carbocycles. The maximum Gasteiger partial charge on any atom is 0.151 e. The molecule has 0 saturated carbocycles. The van der Waals surface area contributed by atoms with Gasteiger partial charge < -0.3 is 9.64 Å². The van der Waals surface area contributed by atoms with E-state index < -0.39 is 0 Å². The second-order valence-corrected chi connectivity index (χ2v) is 6.68. The first-order chi connectivity index (χ1) is 12.7. The van der Waals surface area contributed by atoms with Crippen molar-refractivity contribution in [1.29, 1.82) is 0 Å². The summed E-state index contributed by atoms with van der Waals surface area (Å²) in [4.78, 5) is 11.1.